The van der Waals surface area contributed by atoms with E-state index in [1.54, 1.807) is 12.1 Å². The van der Waals surface area contributed by atoms with Gasteiger partial charge in [-0.15, -0.1) is 6.58 Å². The monoisotopic (exact) mass is 512 g/mol. The van der Waals surface area contributed by atoms with Gasteiger partial charge in [0.15, 0.2) is 0 Å². The van der Waals surface area contributed by atoms with E-state index in [0.717, 1.165) is 30.7 Å². The van der Waals surface area contributed by atoms with Gasteiger partial charge in [-0.05, 0) is 55.7 Å². The Bertz CT molecular complexity index is 1180. The van der Waals surface area contributed by atoms with Crippen LogP contribution >= 0.6 is 7.26 Å². The molecule has 8 heteroatoms. The van der Waals surface area contributed by atoms with Gasteiger partial charge in [-0.25, -0.2) is 0 Å². The van der Waals surface area contributed by atoms with E-state index in [0.29, 0.717) is 0 Å². The molecule has 3 aromatic rings. The molecule has 6 nitrogen and oxygen atoms in total. The molecule has 0 bridgehead atoms. The summed E-state index contributed by atoms with van der Waals surface area (Å²) in [5, 5.41) is 18.6. The minimum Gasteiger partial charge on any atom is -0.565 e. The maximum Gasteiger partial charge on any atom is 0.294 e. The fraction of sp³-hybridized carbons (Fsp3) is 0.148. The second kappa shape index (κ2) is 13.6. The molecule has 0 radical (unpaired) electrons. The molecule has 3 aromatic carbocycles. The summed E-state index contributed by atoms with van der Waals surface area (Å²) in [6, 6.07) is 27.3. The molecule has 0 aromatic heterocycles. The van der Waals surface area contributed by atoms with E-state index >= 15 is 0 Å². The molecule has 0 fully saturated rings. The molecule has 3 rings (SSSR count). The highest BCUT2D eigenvalue weighted by Gasteiger charge is 2.44. The minimum absolute atomic E-state index is 0.0730. The van der Waals surface area contributed by atoms with Crippen molar-refractivity contribution in [3.63, 3.8) is 0 Å². The average molecular weight is 513 g/mol. The molecule has 0 aliphatic heterocycles. The topological polar surface area (TPSA) is 115 Å². The van der Waals surface area contributed by atoms with Gasteiger partial charge in [-0.3, -0.25) is 4.55 Å². The first-order valence-corrected chi connectivity index (χ1v) is 14.4. The van der Waals surface area contributed by atoms with Crippen LogP contribution in [-0.4, -0.2) is 30.4 Å². The van der Waals surface area contributed by atoms with E-state index in [1.165, 1.54) is 16.7 Å². The van der Waals surface area contributed by atoms with E-state index in [4.69, 9.17) is 15.0 Å². The van der Waals surface area contributed by atoms with Crippen molar-refractivity contribution in [2.45, 2.75) is 24.2 Å². The third-order valence-electron chi connectivity index (χ3n) is 5.28. The number of carboxylic acid groups (broad SMARTS) is 2. The number of rotatable bonds is 10. The predicted molar refractivity (Wildman–Crippen MR) is 141 cm³/mol. The zero-order chi connectivity index (χ0) is 25.7. The van der Waals surface area contributed by atoms with E-state index in [9.17, 15) is 13.0 Å². The van der Waals surface area contributed by atoms with Gasteiger partial charge < -0.3 is 15.0 Å². The lowest BCUT2D eigenvalue weighted by Gasteiger charge is -2.27. The van der Waals surface area contributed by atoms with Crippen LogP contribution in [0.3, 0.4) is 0 Å². The van der Waals surface area contributed by atoms with Gasteiger partial charge in [0.1, 0.15) is 23.2 Å². The first-order chi connectivity index (χ1) is 16.7. The van der Waals surface area contributed by atoms with Crippen molar-refractivity contribution in [2.24, 2.45) is 0 Å². The van der Waals surface area contributed by atoms with E-state index in [1.807, 2.05) is 48.5 Å². The summed E-state index contributed by atoms with van der Waals surface area (Å²) in [5.41, 5.74) is 0. The predicted octanol–water partition coefficient (Wildman–Crippen LogP) is 4.03. The molecule has 0 heterocycles. The number of hydrogen-bond donors (Lipinski definition) is 2. The number of unbranched alkanes of at least 4 members (excludes halogenated alkanes) is 2. The van der Waals surface area contributed by atoms with Gasteiger partial charge in [-0.1, -0.05) is 60.7 Å². The van der Waals surface area contributed by atoms with Crippen LogP contribution in [-0.2, 0) is 10.1 Å². The Kier molecular flexibility index (Phi) is 10.9. The SMILES string of the molecule is C=CCCC/C=C/C[P+](c1ccccc1)(c1ccccc1)c1cccc(S(=O)(=O)O)c1.O=C([O-])O. The lowest BCUT2D eigenvalue weighted by atomic mass is 10.2. The summed E-state index contributed by atoms with van der Waals surface area (Å²) in [6.45, 7) is 3.78. The fourth-order valence-electron chi connectivity index (χ4n) is 3.74. The molecule has 35 heavy (non-hydrogen) atoms. The molecular formula is C27H29O6PS. The van der Waals surface area contributed by atoms with E-state index in [-0.39, 0.29) is 4.90 Å². The fourth-order valence-corrected chi connectivity index (χ4v) is 8.41. The first kappa shape index (κ1) is 28.0. The molecule has 0 amide bonds. The zero-order valence-electron chi connectivity index (χ0n) is 19.2. The largest absolute Gasteiger partial charge is 0.565 e. The van der Waals surface area contributed by atoms with E-state index in [2.05, 4.69) is 43.0 Å². The molecule has 0 aliphatic rings. The van der Waals surface area contributed by atoms with Gasteiger partial charge in [-0.2, -0.15) is 8.42 Å². The van der Waals surface area contributed by atoms with Gasteiger partial charge >= 0.3 is 0 Å². The van der Waals surface area contributed by atoms with Crippen LogP contribution in [0.25, 0.3) is 0 Å². The Morgan fingerprint density at radius 2 is 1.37 bits per heavy atom. The lowest BCUT2D eigenvalue weighted by Crippen LogP contribution is -2.33. The Hall–Kier alpha value is -3.25. The minimum atomic E-state index is -4.30. The Balaban J connectivity index is 0.00000100. The third-order valence-corrected chi connectivity index (χ3v) is 10.4. The highest BCUT2D eigenvalue weighted by Crippen LogP contribution is 2.55. The molecular weight excluding hydrogens is 483 g/mol. The molecule has 0 atom stereocenters. The van der Waals surface area contributed by atoms with Crippen molar-refractivity contribution in [1.29, 1.82) is 0 Å². The maximum atomic E-state index is 11.9. The summed E-state index contributed by atoms with van der Waals surface area (Å²) in [7, 11) is -6.48. The second-order valence-electron chi connectivity index (χ2n) is 7.59. The molecule has 184 valence electrons. The Labute approximate surface area is 207 Å². The first-order valence-electron chi connectivity index (χ1n) is 10.9. The summed E-state index contributed by atoms with van der Waals surface area (Å²) in [4.78, 5) is 8.37. The smallest absolute Gasteiger partial charge is 0.294 e. The normalized spacial score (nSPS) is 11.5. The lowest BCUT2D eigenvalue weighted by molar-refractivity contribution is -0.275. The third kappa shape index (κ3) is 8.18. The van der Waals surface area contributed by atoms with Crippen LogP contribution < -0.4 is 21.0 Å². The van der Waals surface area contributed by atoms with Crippen molar-refractivity contribution in [3.8, 4) is 0 Å². The van der Waals surface area contributed by atoms with Crippen LogP contribution in [0.5, 0.6) is 0 Å². The maximum absolute atomic E-state index is 11.9. The molecule has 0 spiro atoms. The summed E-state index contributed by atoms with van der Waals surface area (Å²) >= 11 is 0. The van der Waals surface area contributed by atoms with Crippen molar-refractivity contribution < 1.29 is 28.0 Å². The van der Waals surface area contributed by atoms with Crippen LogP contribution in [0, 0.1) is 0 Å². The van der Waals surface area contributed by atoms with Crippen LogP contribution in [0.2, 0.25) is 0 Å². The second-order valence-corrected chi connectivity index (χ2v) is 12.5. The standard InChI is InChI=1S/C26H27O3PS.CH2O3/c1-2-3-4-5-6-13-21-30(23-15-9-7-10-16-23,24-17-11-8-12-18-24)25-19-14-20-26(22-25)31(27,28)29;2-1(3)4/h2,6-20,22H,1,3-5,21H2;(H2,2,3,4)/b13-6+;. The van der Waals surface area contributed by atoms with Gasteiger partial charge in [0.05, 0.1) is 11.1 Å². The molecule has 0 saturated heterocycles. The number of hydrogen-bond acceptors (Lipinski definition) is 4. The molecule has 0 aliphatic carbocycles. The number of allylic oxidation sites excluding steroid dienone is 3. The van der Waals surface area contributed by atoms with Crippen molar-refractivity contribution in [1.82, 2.24) is 0 Å². The van der Waals surface area contributed by atoms with Crippen molar-refractivity contribution >= 4 is 39.4 Å². The summed E-state index contributed by atoms with van der Waals surface area (Å²) in [5.74, 6) is 0. The Morgan fingerprint density at radius 3 is 1.86 bits per heavy atom. The molecule has 0 saturated carbocycles. The molecule has 0 unspecified atom stereocenters. The van der Waals surface area contributed by atoms with Gasteiger partial charge in [0, 0.05) is 6.07 Å². The summed E-state index contributed by atoms with van der Waals surface area (Å²) < 4.78 is 33.5. The quantitative estimate of drug-likeness (QED) is 0.184. The number of carbonyl (C=O) groups is 1. The zero-order valence-corrected chi connectivity index (χ0v) is 20.9. The number of benzene rings is 3. The van der Waals surface area contributed by atoms with Gasteiger partial charge in [0.2, 0.25) is 6.16 Å². The van der Waals surface area contributed by atoms with E-state index < -0.39 is 23.5 Å². The van der Waals surface area contributed by atoms with Crippen LogP contribution in [0.15, 0.2) is 115 Å². The Morgan fingerprint density at radius 1 is 0.857 bits per heavy atom. The molecule has 2 N–H and O–H groups in total. The van der Waals surface area contributed by atoms with Crippen LogP contribution in [0.1, 0.15) is 19.3 Å². The van der Waals surface area contributed by atoms with Crippen molar-refractivity contribution in [2.75, 3.05) is 6.16 Å². The van der Waals surface area contributed by atoms with Crippen molar-refractivity contribution in [3.05, 3.63) is 110 Å². The highest BCUT2D eigenvalue weighted by molar-refractivity contribution is 7.96. The van der Waals surface area contributed by atoms with Crippen LogP contribution in [0.4, 0.5) is 4.79 Å². The summed E-state index contributed by atoms with van der Waals surface area (Å²) in [6.07, 6.45) is 8.05. The van der Waals surface area contributed by atoms with Gasteiger partial charge in [0.25, 0.3) is 10.1 Å². The highest BCUT2D eigenvalue weighted by atomic mass is 32.2. The average Bonchev–Trinajstić information content (AvgIpc) is 2.84.